The highest BCUT2D eigenvalue weighted by molar-refractivity contribution is 5.64. The van der Waals surface area contributed by atoms with E-state index in [9.17, 15) is 8.78 Å². The molecule has 0 radical (unpaired) electrons. The van der Waals surface area contributed by atoms with E-state index in [-0.39, 0.29) is 17.7 Å². The molecule has 0 spiro atoms. The van der Waals surface area contributed by atoms with Crippen LogP contribution in [0.15, 0.2) is 42.5 Å². The van der Waals surface area contributed by atoms with Gasteiger partial charge in [-0.15, -0.1) is 0 Å². The highest BCUT2D eigenvalue weighted by Gasteiger charge is 2.14. The molecular weight excluding hydrogens is 270 g/mol. The number of hydrogen-bond acceptors (Lipinski definition) is 2. The van der Waals surface area contributed by atoms with Gasteiger partial charge in [0.1, 0.15) is 11.6 Å². The zero-order valence-electron chi connectivity index (χ0n) is 12.5. The van der Waals surface area contributed by atoms with Gasteiger partial charge in [0, 0.05) is 18.3 Å². The Morgan fingerprint density at radius 2 is 1.90 bits per heavy atom. The van der Waals surface area contributed by atoms with E-state index >= 15 is 0 Å². The topological polar surface area (TPSA) is 15.3 Å². The summed E-state index contributed by atoms with van der Waals surface area (Å²) in [6, 6.07) is 11.4. The van der Waals surface area contributed by atoms with Gasteiger partial charge >= 0.3 is 0 Å². The number of nitrogens with zero attached hydrogens (tertiary/aromatic N) is 1. The van der Waals surface area contributed by atoms with Crippen LogP contribution in [0.25, 0.3) is 0 Å². The van der Waals surface area contributed by atoms with Gasteiger partial charge in [-0.1, -0.05) is 12.1 Å². The van der Waals surface area contributed by atoms with Gasteiger partial charge in [-0.05, 0) is 56.8 Å². The first-order chi connectivity index (χ1) is 10.1. The summed E-state index contributed by atoms with van der Waals surface area (Å²) in [5.41, 5.74) is 1.98. The van der Waals surface area contributed by atoms with E-state index in [0.717, 1.165) is 5.56 Å². The van der Waals surface area contributed by atoms with Crippen LogP contribution in [0.4, 0.5) is 20.2 Å². The molecule has 0 saturated carbocycles. The van der Waals surface area contributed by atoms with E-state index in [2.05, 4.69) is 5.32 Å². The molecule has 112 valence electrons. The third-order valence-electron chi connectivity index (χ3n) is 3.63. The molecule has 1 atom stereocenters. The molecule has 2 aromatic rings. The van der Waals surface area contributed by atoms with Crippen molar-refractivity contribution in [2.75, 3.05) is 18.5 Å². The maximum atomic E-state index is 14.4. The van der Waals surface area contributed by atoms with Crippen LogP contribution in [0, 0.1) is 11.6 Å². The molecule has 0 aromatic heterocycles. The Balaban J connectivity index is 2.39. The molecule has 0 aliphatic heterocycles. The third kappa shape index (κ3) is 3.39. The van der Waals surface area contributed by atoms with Crippen LogP contribution in [-0.4, -0.2) is 13.6 Å². The van der Waals surface area contributed by atoms with E-state index < -0.39 is 0 Å². The minimum absolute atomic E-state index is 0.0813. The monoisotopic (exact) mass is 290 g/mol. The second-order valence-electron chi connectivity index (χ2n) is 4.95. The van der Waals surface area contributed by atoms with Crippen LogP contribution < -0.4 is 10.2 Å². The average Bonchev–Trinajstić information content (AvgIpc) is 2.49. The molecule has 0 fully saturated rings. The first-order valence-electron chi connectivity index (χ1n) is 7.06. The zero-order chi connectivity index (χ0) is 15.4. The number of anilines is 2. The molecule has 21 heavy (non-hydrogen) atoms. The van der Waals surface area contributed by atoms with Gasteiger partial charge in [-0.2, -0.15) is 0 Å². The Morgan fingerprint density at radius 1 is 1.14 bits per heavy atom. The molecule has 0 amide bonds. The molecule has 0 bridgehead atoms. The Morgan fingerprint density at radius 3 is 2.48 bits per heavy atom. The highest BCUT2D eigenvalue weighted by atomic mass is 19.1. The summed E-state index contributed by atoms with van der Waals surface area (Å²) in [5.74, 6) is -0.632. The van der Waals surface area contributed by atoms with E-state index in [1.54, 1.807) is 23.1 Å². The lowest BCUT2D eigenvalue weighted by atomic mass is 10.1. The first-order valence-corrected chi connectivity index (χ1v) is 7.06. The maximum Gasteiger partial charge on any atom is 0.147 e. The van der Waals surface area contributed by atoms with Crippen LogP contribution in [0.3, 0.4) is 0 Å². The summed E-state index contributed by atoms with van der Waals surface area (Å²) in [6.45, 7) is 4.44. The molecule has 1 N–H and O–H groups in total. The second-order valence-corrected chi connectivity index (χ2v) is 4.95. The lowest BCUT2D eigenvalue weighted by Crippen LogP contribution is -2.18. The Labute approximate surface area is 124 Å². The van der Waals surface area contributed by atoms with E-state index in [0.29, 0.717) is 17.9 Å². The van der Waals surface area contributed by atoms with Crippen LogP contribution in [0.5, 0.6) is 0 Å². The van der Waals surface area contributed by atoms with E-state index in [1.165, 1.54) is 18.2 Å². The van der Waals surface area contributed by atoms with Gasteiger partial charge < -0.3 is 10.2 Å². The largest absolute Gasteiger partial charge is 0.339 e. The van der Waals surface area contributed by atoms with Crippen molar-refractivity contribution in [1.82, 2.24) is 5.32 Å². The van der Waals surface area contributed by atoms with Gasteiger partial charge in [0.05, 0.1) is 5.69 Å². The van der Waals surface area contributed by atoms with Crippen molar-refractivity contribution in [1.29, 1.82) is 0 Å². The molecule has 2 aromatic carbocycles. The number of halogens is 2. The lowest BCUT2D eigenvalue weighted by molar-refractivity contribution is 0.606. The third-order valence-corrected chi connectivity index (χ3v) is 3.63. The normalized spacial score (nSPS) is 12.2. The van der Waals surface area contributed by atoms with Crippen molar-refractivity contribution in [2.24, 2.45) is 0 Å². The van der Waals surface area contributed by atoms with Gasteiger partial charge in [-0.25, -0.2) is 8.78 Å². The van der Waals surface area contributed by atoms with Crippen molar-refractivity contribution in [2.45, 2.75) is 19.9 Å². The molecule has 0 saturated heterocycles. The Hall–Kier alpha value is -1.94. The fraction of sp³-hybridized carbons (Fsp3) is 0.294. The smallest absolute Gasteiger partial charge is 0.147 e. The molecule has 0 aliphatic rings. The number of nitrogens with one attached hydrogen (secondary N) is 1. The zero-order valence-corrected chi connectivity index (χ0v) is 12.5. The molecule has 4 heteroatoms. The van der Waals surface area contributed by atoms with Gasteiger partial charge in [0.2, 0.25) is 0 Å². The Kier molecular flexibility index (Phi) is 4.91. The molecule has 0 aliphatic carbocycles. The highest BCUT2D eigenvalue weighted by Crippen LogP contribution is 2.29. The van der Waals surface area contributed by atoms with Crippen LogP contribution >= 0.6 is 0 Å². The standard InChI is InChI=1S/C17H20F2N2/c1-4-21(15-7-5-6-14(18)11-15)17-9-8-13(10-16(17)19)12(2)20-3/h5-12,20H,4H2,1-3H3. The summed E-state index contributed by atoms with van der Waals surface area (Å²) < 4.78 is 27.8. The van der Waals surface area contributed by atoms with Crippen LogP contribution in [0.2, 0.25) is 0 Å². The summed E-state index contributed by atoms with van der Waals surface area (Å²) in [4.78, 5) is 1.76. The van der Waals surface area contributed by atoms with Crippen LogP contribution in [0.1, 0.15) is 25.5 Å². The van der Waals surface area contributed by atoms with Gasteiger partial charge in [0.15, 0.2) is 0 Å². The van der Waals surface area contributed by atoms with Gasteiger partial charge in [0.25, 0.3) is 0 Å². The minimum Gasteiger partial charge on any atom is -0.339 e. The fourth-order valence-electron chi connectivity index (χ4n) is 2.31. The summed E-state index contributed by atoms with van der Waals surface area (Å²) in [5, 5.41) is 3.08. The van der Waals surface area contributed by atoms with Crippen LogP contribution in [-0.2, 0) is 0 Å². The molecule has 1 unspecified atom stereocenters. The summed E-state index contributed by atoms with van der Waals surface area (Å²) in [6.07, 6.45) is 0. The lowest BCUT2D eigenvalue weighted by Gasteiger charge is -2.24. The fourth-order valence-corrected chi connectivity index (χ4v) is 2.31. The number of hydrogen-bond donors (Lipinski definition) is 1. The average molecular weight is 290 g/mol. The van der Waals surface area contributed by atoms with Crippen molar-refractivity contribution >= 4 is 11.4 Å². The quantitative estimate of drug-likeness (QED) is 0.878. The van der Waals surface area contributed by atoms with Crippen molar-refractivity contribution in [3.05, 3.63) is 59.7 Å². The summed E-state index contributed by atoms with van der Waals surface area (Å²) in [7, 11) is 1.83. The molecule has 2 rings (SSSR count). The summed E-state index contributed by atoms with van der Waals surface area (Å²) >= 11 is 0. The number of benzene rings is 2. The predicted octanol–water partition coefficient (Wildman–Crippen LogP) is 4.40. The van der Waals surface area contributed by atoms with Gasteiger partial charge in [-0.3, -0.25) is 0 Å². The molecular formula is C17H20F2N2. The Bertz CT molecular complexity index is 613. The predicted molar refractivity (Wildman–Crippen MR) is 83.0 cm³/mol. The molecule has 2 nitrogen and oxygen atoms in total. The first kappa shape index (κ1) is 15.4. The van der Waals surface area contributed by atoms with E-state index in [1.807, 2.05) is 27.0 Å². The maximum absolute atomic E-state index is 14.4. The second kappa shape index (κ2) is 6.68. The molecule has 0 heterocycles. The number of rotatable bonds is 5. The van der Waals surface area contributed by atoms with E-state index in [4.69, 9.17) is 0 Å². The van der Waals surface area contributed by atoms with Crippen molar-refractivity contribution in [3.63, 3.8) is 0 Å². The SMILES string of the molecule is CCN(c1cccc(F)c1)c1ccc(C(C)NC)cc1F. The van der Waals surface area contributed by atoms with Crippen molar-refractivity contribution < 1.29 is 8.78 Å². The minimum atomic E-state index is -0.327. The van der Waals surface area contributed by atoms with Crippen molar-refractivity contribution in [3.8, 4) is 0 Å².